The molecule has 0 fully saturated rings. The molecular formula is C9H18N2O. The van der Waals surface area contributed by atoms with Gasteiger partial charge in [-0.2, -0.15) is 0 Å². The third kappa shape index (κ3) is 4.66. The lowest BCUT2D eigenvalue weighted by atomic mass is 10.2. The minimum absolute atomic E-state index is 0.127. The summed E-state index contributed by atoms with van der Waals surface area (Å²) in [4.78, 5) is 12.2. The van der Waals surface area contributed by atoms with Gasteiger partial charge < -0.3 is 4.90 Å². The molecule has 12 heavy (non-hydrogen) atoms. The van der Waals surface area contributed by atoms with Gasteiger partial charge in [-0.15, -0.1) is 0 Å². The van der Waals surface area contributed by atoms with E-state index >= 15 is 0 Å². The van der Waals surface area contributed by atoms with E-state index in [0.29, 0.717) is 5.57 Å². The molecule has 0 saturated heterocycles. The molecule has 0 aromatic carbocycles. The fraction of sp³-hybridized carbons (Fsp3) is 0.556. The number of hydrogen-bond acceptors (Lipinski definition) is 2. The van der Waals surface area contributed by atoms with Crippen LogP contribution >= 0.6 is 0 Å². The predicted octanol–water partition coefficient (Wildman–Crippen LogP) is 2.04. The number of amides is 1. The third-order valence-corrected chi connectivity index (χ3v) is 1.28. The van der Waals surface area contributed by atoms with E-state index in [2.05, 4.69) is 0 Å². The van der Waals surface area contributed by atoms with Crippen LogP contribution in [0.3, 0.4) is 0 Å². The molecule has 0 aromatic heterocycles. The number of nitrogens with one attached hydrogen (secondary N) is 1. The molecule has 0 radical (unpaired) electrons. The summed E-state index contributed by atoms with van der Waals surface area (Å²) in [6, 6.07) is 0. The lowest BCUT2D eigenvalue weighted by Gasteiger charge is -2.08. The maximum Gasteiger partial charge on any atom is 0.253 e. The Morgan fingerprint density at radius 1 is 1.42 bits per heavy atom. The average Bonchev–Trinajstić information content (AvgIpc) is 2.17. The summed E-state index contributed by atoms with van der Waals surface area (Å²) in [7, 11) is 1.56. The highest BCUT2D eigenvalue weighted by molar-refractivity contribution is 5.98. The number of likely N-dealkylation sites (N-methyl/N-ethyl adjacent to an activating group) is 1. The van der Waals surface area contributed by atoms with Crippen LogP contribution in [-0.4, -0.2) is 24.2 Å². The smallest absolute Gasteiger partial charge is 0.253 e. The van der Waals surface area contributed by atoms with Gasteiger partial charge >= 0.3 is 0 Å². The zero-order chi connectivity index (χ0) is 10.1. The molecule has 1 amide bonds. The number of carbonyl (C=O) groups excluding carboxylic acids is 1. The Kier molecular flexibility index (Phi) is 8.96. The van der Waals surface area contributed by atoms with Crippen LogP contribution in [0.1, 0.15) is 27.7 Å². The zero-order valence-electron chi connectivity index (χ0n) is 8.51. The van der Waals surface area contributed by atoms with Crippen molar-refractivity contribution < 1.29 is 4.79 Å². The van der Waals surface area contributed by atoms with E-state index in [-0.39, 0.29) is 5.91 Å². The van der Waals surface area contributed by atoms with Crippen molar-refractivity contribution in [2.75, 3.05) is 7.05 Å². The van der Waals surface area contributed by atoms with E-state index in [1.54, 1.807) is 27.0 Å². The summed E-state index contributed by atoms with van der Waals surface area (Å²) in [5.74, 6) is -0.127. The van der Waals surface area contributed by atoms with Crippen molar-refractivity contribution >= 4 is 12.2 Å². The van der Waals surface area contributed by atoms with Gasteiger partial charge in [0.05, 0.1) is 6.34 Å². The van der Waals surface area contributed by atoms with Crippen molar-refractivity contribution in [2.24, 2.45) is 0 Å². The molecule has 0 spiro atoms. The number of nitrogens with zero attached hydrogens (tertiary/aromatic N) is 1. The Hall–Kier alpha value is -1.12. The topological polar surface area (TPSA) is 44.2 Å². The zero-order valence-corrected chi connectivity index (χ0v) is 8.51. The minimum atomic E-state index is -0.127. The van der Waals surface area contributed by atoms with Crippen LogP contribution in [0.25, 0.3) is 0 Å². The molecule has 0 aliphatic rings. The molecule has 0 rings (SSSR count). The van der Waals surface area contributed by atoms with Gasteiger partial charge in [0.2, 0.25) is 0 Å². The van der Waals surface area contributed by atoms with Gasteiger partial charge in [0, 0.05) is 12.6 Å². The Labute approximate surface area is 74.6 Å². The third-order valence-electron chi connectivity index (χ3n) is 1.28. The summed E-state index contributed by atoms with van der Waals surface area (Å²) in [6.07, 6.45) is 2.72. The monoisotopic (exact) mass is 170 g/mol. The molecule has 0 aromatic rings. The second-order valence-corrected chi connectivity index (χ2v) is 2.02. The SMILES string of the molecule is C/C=C(/C)C(=O)N(C)C=N.CC. The number of rotatable bonds is 2. The number of allylic oxidation sites excluding steroid dienone is 1. The van der Waals surface area contributed by atoms with Gasteiger partial charge in [-0.3, -0.25) is 10.2 Å². The largest absolute Gasteiger partial charge is 0.303 e. The van der Waals surface area contributed by atoms with Crippen LogP contribution in [-0.2, 0) is 4.79 Å². The van der Waals surface area contributed by atoms with Crippen molar-refractivity contribution in [3.8, 4) is 0 Å². The van der Waals surface area contributed by atoms with E-state index in [4.69, 9.17) is 5.41 Å². The summed E-state index contributed by atoms with van der Waals surface area (Å²) in [5.41, 5.74) is 0.658. The molecule has 0 atom stereocenters. The van der Waals surface area contributed by atoms with Crippen LogP contribution in [0.15, 0.2) is 11.6 Å². The van der Waals surface area contributed by atoms with Crippen molar-refractivity contribution in [1.82, 2.24) is 4.90 Å². The molecule has 0 unspecified atom stereocenters. The summed E-state index contributed by atoms with van der Waals surface area (Å²) in [6.45, 7) is 7.52. The van der Waals surface area contributed by atoms with Gasteiger partial charge in [0.1, 0.15) is 0 Å². The lowest BCUT2D eigenvalue weighted by molar-refractivity contribution is -0.122. The highest BCUT2D eigenvalue weighted by Crippen LogP contribution is 1.95. The molecule has 1 N–H and O–H groups in total. The van der Waals surface area contributed by atoms with Crippen LogP contribution in [0, 0.1) is 5.41 Å². The van der Waals surface area contributed by atoms with Crippen LogP contribution in [0.5, 0.6) is 0 Å². The molecule has 0 heterocycles. The number of carbonyl (C=O) groups is 1. The Morgan fingerprint density at radius 3 is 2.08 bits per heavy atom. The fourth-order valence-electron chi connectivity index (χ4n) is 0.460. The summed E-state index contributed by atoms with van der Waals surface area (Å²) >= 11 is 0. The van der Waals surface area contributed by atoms with E-state index in [1.165, 1.54) is 4.90 Å². The molecule has 0 saturated carbocycles. The predicted molar refractivity (Wildman–Crippen MR) is 52.3 cm³/mol. The molecule has 0 aliphatic heterocycles. The van der Waals surface area contributed by atoms with Gasteiger partial charge in [0.15, 0.2) is 0 Å². The van der Waals surface area contributed by atoms with E-state index in [9.17, 15) is 4.79 Å². The van der Waals surface area contributed by atoms with Gasteiger partial charge in [0.25, 0.3) is 5.91 Å². The lowest BCUT2D eigenvalue weighted by Crippen LogP contribution is -2.25. The Balaban J connectivity index is 0. The van der Waals surface area contributed by atoms with Crippen LogP contribution in [0.4, 0.5) is 0 Å². The molecule has 70 valence electrons. The van der Waals surface area contributed by atoms with Gasteiger partial charge in [-0.25, -0.2) is 0 Å². The first-order valence-electron chi connectivity index (χ1n) is 4.04. The van der Waals surface area contributed by atoms with E-state index in [0.717, 1.165) is 6.34 Å². The minimum Gasteiger partial charge on any atom is -0.303 e. The summed E-state index contributed by atoms with van der Waals surface area (Å²) < 4.78 is 0. The first kappa shape index (κ1) is 13.5. The van der Waals surface area contributed by atoms with Gasteiger partial charge in [-0.1, -0.05) is 19.9 Å². The fourth-order valence-corrected chi connectivity index (χ4v) is 0.460. The van der Waals surface area contributed by atoms with Crippen LogP contribution < -0.4 is 0 Å². The molecular weight excluding hydrogens is 152 g/mol. The van der Waals surface area contributed by atoms with Crippen molar-refractivity contribution in [2.45, 2.75) is 27.7 Å². The van der Waals surface area contributed by atoms with Crippen molar-refractivity contribution in [1.29, 1.82) is 5.41 Å². The second kappa shape index (κ2) is 7.98. The Bertz CT molecular complexity index is 173. The van der Waals surface area contributed by atoms with Crippen molar-refractivity contribution in [3.05, 3.63) is 11.6 Å². The average molecular weight is 170 g/mol. The van der Waals surface area contributed by atoms with E-state index < -0.39 is 0 Å². The highest BCUT2D eigenvalue weighted by atomic mass is 16.2. The molecule has 0 aliphatic carbocycles. The normalized spacial score (nSPS) is 9.58. The second-order valence-electron chi connectivity index (χ2n) is 2.02. The molecule has 0 bridgehead atoms. The van der Waals surface area contributed by atoms with Gasteiger partial charge in [-0.05, 0) is 13.8 Å². The summed E-state index contributed by atoms with van der Waals surface area (Å²) in [5, 5.41) is 6.76. The van der Waals surface area contributed by atoms with E-state index in [1.807, 2.05) is 13.8 Å². The standard InChI is InChI=1S/C7H12N2O.C2H6/c1-4-6(2)7(10)9(3)5-8;1-2/h4-5,8H,1-3H3;1-2H3/b6-4-,8-5?;. The van der Waals surface area contributed by atoms with Crippen molar-refractivity contribution in [3.63, 3.8) is 0 Å². The maximum absolute atomic E-state index is 11.0. The Morgan fingerprint density at radius 2 is 1.83 bits per heavy atom. The molecule has 3 nitrogen and oxygen atoms in total. The highest BCUT2D eigenvalue weighted by Gasteiger charge is 2.05. The maximum atomic E-state index is 11.0. The quantitative estimate of drug-likeness (QED) is 0.385. The first-order chi connectivity index (χ1) is 5.63. The molecule has 3 heteroatoms. The number of hydrogen-bond donors (Lipinski definition) is 1. The first-order valence-corrected chi connectivity index (χ1v) is 4.04. The van der Waals surface area contributed by atoms with Crippen LogP contribution in [0.2, 0.25) is 0 Å².